The molecule has 2 heterocycles. The molecule has 0 saturated heterocycles. The van der Waals surface area contributed by atoms with E-state index in [0.29, 0.717) is 11.4 Å². The van der Waals surface area contributed by atoms with E-state index in [1.807, 2.05) is 12.3 Å². The van der Waals surface area contributed by atoms with Crippen LogP contribution >= 0.6 is 11.3 Å². The molecule has 106 valence electrons. The lowest BCUT2D eigenvalue weighted by Crippen LogP contribution is -2.14. The first-order chi connectivity index (χ1) is 9.67. The molecule has 2 rings (SSSR count). The van der Waals surface area contributed by atoms with Crippen LogP contribution < -0.4 is 11.1 Å². The largest absolute Gasteiger partial charge is 0.465 e. The van der Waals surface area contributed by atoms with Crippen LogP contribution in [0.4, 0.5) is 11.5 Å². The van der Waals surface area contributed by atoms with E-state index in [2.05, 4.69) is 15.3 Å². The fraction of sp³-hybridized carbons (Fsp3) is 0.308. The third-order valence-corrected chi connectivity index (χ3v) is 3.75. The lowest BCUT2D eigenvalue weighted by atomic mass is 10.2. The first kappa shape index (κ1) is 14.3. The number of methoxy groups -OCH3 is 1. The number of thiazole rings is 1. The monoisotopic (exact) mass is 292 g/mol. The fourth-order valence-electron chi connectivity index (χ4n) is 1.79. The van der Waals surface area contributed by atoms with Crippen molar-refractivity contribution in [2.45, 2.75) is 19.4 Å². The van der Waals surface area contributed by atoms with Crippen molar-refractivity contribution in [2.75, 3.05) is 18.2 Å². The van der Waals surface area contributed by atoms with Crippen molar-refractivity contribution in [1.82, 2.24) is 9.97 Å². The number of nitrogen functional groups attached to an aromatic ring is 1. The molecule has 2 aromatic heterocycles. The van der Waals surface area contributed by atoms with Crippen molar-refractivity contribution in [3.8, 4) is 0 Å². The highest BCUT2D eigenvalue weighted by Crippen LogP contribution is 2.27. The number of nitrogens with two attached hydrogens (primary N) is 1. The maximum Gasteiger partial charge on any atom is 0.340 e. The second kappa shape index (κ2) is 6.33. The molecule has 0 aliphatic carbocycles. The van der Waals surface area contributed by atoms with Gasteiger partial charge in [-0.3, -0.25) is 0 Å². The Balaban J connectivity index is 2.27. The van der Waals surface area contributed by atoms with Crippen LogP contribution in [0.2, 0.25) is 0 Å². The van der Waals surface area contributed by atoms with Gasteiger partial charge in [0.2, 0.25) is 0 Å². The third kappa shape index (κ3) is 2.88. The molecule has 0 aliphatic heterocycles. The lowest BCUT2D eigenvalue weighted by molar-refractivity contribution is 0.0602. The second-order valence-electron chi connectivity index (χ2n) is 4.09. The van der Waals surface area contributed by atoms with Crippen molar-refractivity contribution in [3.05, 3.63) is 34.4 Å². The molecule has 1 atom stereocenters. The number of rotatable bonds is 5. The van der Waals surface area contributed by atoms with E-state index in [4.69, 9.17) is 10.5 Å². The predicted octanol–water partition coefficient (Wildman–Crippen LogP) is 2.47. The molecule has 0 fully saturated rings. The van der Waals surface area contributed by atoms with Gasteiger partial charge < -0.3 is 15.8 Å². The summed E-state index contributed by atoms with van der Waals surface area (Å²) in [7, 11) is 1.32. The predicted molar refractivity (Wildman–Crippen MR) is 78.8 cm³/mol. The molecular weight excluding hydrogens is 276 g/mol. The Labute approximate surface area is 121 Å². The molecule has 0 spiro atoms. The van der Waals surface area contributed by atoms with Gasteiger partial charge in [-0.2, -0.15) is 0 Å². The number of ether oxygens (including phenoxy) is 1. The lowest BCUT2D eigenvalue weighted by Gasteiger charge is -2.17. The molecule has 7 heteroatoms. The topological polar surface area (TPSA) is 90.1 Å². The minimum Gasteiger partial charge on any atom is -0.465 e. The van der Waals surface area contributed by atoms with Gasteiger partial charge in [0.05, 0.1) is 24.4 Å². The van der Waals surface area contributed by atoms with Gasteiger partial charge in [-0.05, 0) is 12.5 Å². The SMILES string of the molecule is CCC(Nc1nccc(C(=O)OC)c1N)c1nccs1. The van der Waals surface area contributed by atoms with Gasteiger partial charge >= 0.3 is 5.97 Å². The van der Waals surface area contributed by atoms with Gasteiger partial charge in [-0.25, -0.2) is 14.8 Å². The quantitative estimate of drug-likeness (QED) is 0.823. The Bertz CT molecular complexity index is 586. The summed E-state index contributed by atoms with van der Waals surface area (Å²) in [6, 6.07) is 1.55. The zero-order valence-corrected chi connectivity index (χ0v) is 12.1. The first-order valence-corrected chi connectivity index (χ1v) is 7.04. The summed E-state index contributed by atoms with van der Waals surface area (Å²) in [5.74, 6) is -0.00908. The standard InChI is InChI=1S/C13H16N4O2S/c1-3-9(12-16-6-7-20-12)17-11-10(14)8(4-5-15-11)13(18)19-2/h4-7,9H,3,14H2,1-2H3,(H,15,17). The normalized spacial score (nSPS) is 11.9. The zero-order valence-electron chi connectivity index (χ0n) is 11.3. The van der Waals surface area contributed by atoms with Crippen LogP contribution in [0.15, 0.2) is 23.8 Å². The van der Waals surface area contributed by atoms with Crippen LogP contribution in [0.1, 0.15) is 34.8 Å². The molecule has 0 aliphatic rings. The molecule has 0 aromatic carbocycles. The van der Waals surface area contributed by atoms with Crippen molar-refractivity contribution in [1.29, 1.82) is 0 Å². The number of hydrogen-bond acceptors (Lipinski definition) is 7. The van der Waals surface area contributed by atoms with E-state index in [-0.39, 0.29) is 11.7 Å². The molecule has 20 heavy (non-hydrogen) atoms. The maximum absolute atomic E-state index is 11.6. The summed E-state index contributed by atoms with van der Waals surface area (Å²) in [4.78, 5) is 20.1. The third-order valence-electron chi connectivity index (χ3n) is 2.86. The minimum absolute atomic E-state index is 0.0118. The zero-order chi connectivity index (χ0) is 14.5. The Morgan fingerprint density at radius 2 is 2.30 bits per heavy atom. The van der Waals surface area contributed by atoms with Crippen LogP contribution in [0.25, 0.3) is 0 Å². The van der Waals surface area contributed by atoms with Crippen molar-refractivity contribution in [2.24, 2.45) is 0 Å². The first-order valence-electron chi connectivity index (χ1n) is 6.16. The number of hydrogen-bond donors (Lipinski definition) is 2. The molecule has 6 nitrogen and oxygen atoms in total. The summed E-state index contributed by atoms with van der Waals surface area (Å²) >= 11 is 1.56. The number of pyridine rings is 1. The summed E-state index contributed by atoms with van der Waals surface area (Å²) in [5, 5.41) is 6.10. The average molecular weight is 292 g/mol. The number of esters is 1. The molecule has 0 radical (unpaired) electrons. The second-order valence-corrected chi connectivity index (χ2v) is 5.01. The Morgan fingerprint density at radius 1 is 1.50 bits per heavy atom. The van der Waals surface area contributed by atoms with Crippen molar-refractivity contribution < 1.29 is 9.53 Å². The molecular formula is C13H16N4O2S. The summed E-state index contributed by atoms with van der Waals surface area (Å²) < 4.78 is 4.69. The fourth-order valence-corrected chi connectivity index (χ4v) is 2.56. The average Bonchev–Trinajstić information content (AvgIpc) is 2.99. The van der Waals surface area contributed by atoms with E-state index in [1.54, 1.807) is 17.5 Å². The Kier molecular flexibility index (Phi) is 4.52. The van der Waals surface area contributed by atoms with Gasteiger partial charge in [0, 0.05) is 17.8 Å². The minimum atomic E-state index is -0.477. The highest BCUT2D eigenvalue weighted by Gasteiger charge is 2.18. The van der Waals surface area contributed by atoms with Gasteiger partial charge in [-0.15, -0.1) is 11.3 Å². The molecule has 3 N–H and O–H groups in total. The van der Waals surface area contributed by atoms with E-state index in [0.717, 1.165) is 11.4 Å². The number of nitrogens with one attached hydrogen (secondary N) is 1. The Morgan fingerprint density at radius 3 is 2.90 bits per heavy atom. The van der Waals surface area contributed by atoms with Crippen LogP contribution in [0, 0.1) is 0 Å². The van der Waals surface area contributed by atoms with E-state index in [1.165, 1.54) is 19.4 Å². The molecule has 2 aromatic rings. The van der Waals surface area contributed by atoms with Crippen LogP contribution in [0.3, 0.4) is 0 Å². The van der Waals surface area contributed by atoms with Crippen molar-refractivity contribution >= 4 is 28.8 Å². The van der Waals surface area contributed by atoms with Crippen molar-refractivity contribution in [3.63, 3.8) is 0 Å². The van der Waals surface area contributed by atoms with Gasteiger partial charge in [0.15, 0.2) is 5.82 Å². The van der Waals surface area contributed by atoms with E-state index < -0.39 is 5.97 Å². The molecule has 0 bridgehead atoms. The Hall–Kier alpha value is -2.15. The molecule has 0 saturated carbocycles. The van der Waals surface area contributed by atoms with Crippen LogP contribution in [-0.2, 0) is 4.74 Å². The van der Waals surface area contributed by atoms with Crippen LogP contribution in [-0.4, -0.2) is 23.0 Å². The number of nitrogens with zero attached hydrogens (tertiary/aromatic N) is 2. The number of carbonyl (C=O) groups excluding carboxylic acids is 1. The van der Waals surface area contributed by atoms with Gasteiger partial charge in [0.25, 0.3) is 0 Å². The summed E-state index contributed by atoms with van der Waals surface area (Å²) in [5.41, 5.74) is 6.56. The van der Waals surface area contributed by atoms with Crippen LogP contribution in [0.5, 0.6) is 0 Å². The smallest absolute Gasteiger partial charge is 0.340 e. The number of anilines is 2. The molecule has 0 amide bonds. The van der Waals surface area contributed by atoms with E-state index >= 15 is 0 Å². The highest BCUT2D eigenvalue weighted by atomic mass is 32.1. The molecule has 1 unspecified atom stereocenters. The van der Waals surface area contributed by atoms with Gasteiger partial charge in [0.1, 0.15) is 5.01 Å². The highest BCUT2D eigenvalue weighted by molar-refractivity contribution is 7.09. The van der Waals surface area contributed by atoms with Gasteiger partial charge in [-0.1, -0.05) is 6.92 Å². The summed E-state index contributed by atoms with van der Waals surface area (Å²) in [6.45, 7) is 2.04. The summed E-state index contributed by atoms with van der Waals surface area (Å²) in [6.07, 6.45) is 4.11. The van der Waals surface area contributed by atoms with E-state index in [9.17, 15) is 4.79 Å². The number of aromatic nitrogens is 2. The number of carbonyl (C=O) groups is 1. The maximum atomic E-state index is 11.6.